The molecule has 0 unspecified atom stereocenters. The number of sulfonamides is 1. The van der Waals surface area contributed by atoms with E-state index in [1.165, 1.54) is 30.5 Å². The van der Waals surface area contributed by atoms with Crippen molar-refractivity contribution in [1.82, 2.24) is 15.4 Å². The number of furan rings is 1. The van der Waals surface area contributed by atoms with E-state index in [1.807, 2.05) is 20.8 Å². The van der Waals surface area contributed by atoms with E-state index in [9.17, 15) is 18.0 Å². The lowest BCUT2D eigenvalue weighted by Gasteiger charge is -2.20. The lowest BCUT2D eigenvalue weighted by molar-refractivity contribution is -0.124. The van der Waals surface area contributed by atoms with Gasteiger partial charge in [-0.05, 0) is 56.7 Å². The van der Waals surface area contributed by atoms with Gasteiger partial charge in [-0.2, -0.15) is 0 Å². The van der Waals surface area contributed by atoms with Gasteiger partial charge in [-0.25, -0.2) is 13.1 Å². The predicted molar refractivity (Wildman–Crippen MR) is 109 cm³/mol. The fourth-order valence-electron chi connectivity index (χ4n) is 2.28. The van der Waals surface area contributed by atoms with Gasteiger partial charge in [0.05, 0.1) is 24.2 Å². The second kappa shape index (κ2) is 9.53. The van der Waals surface area contributed by atoms with E-state index in [0.29, 0.717) is 11.3 Å². The second-order valence-corrected chi connectivity index (χ2v) is 9.09. The van der Waals surface area contributed by atoms with Gasteiger partial charge in [-0.3, -0.25) is 9.59 Å². The van der Waals surface area contributed by atoms with Crippen molar-refractivity contribution in [2.45, 2.75) is 37.8 Å². The molecule has 0 radical (unpaired) electrons. The molecule has 0 aliphatic carbocycles. The Morgan fingerprint density at radius 3 is 2.38 bits per heavy atom. The Hall–Kier alpha value is -2.91. The molecule has 0 fully saturated rings. The highest BCUT2D eigenvalue weighted by atomic mass is 32.2. The number of nitrogens with one attached hydrogen (secondary N) is 3. The molecule has 3 N–H and O–H groups in total. The molecule has 1 heterocycles. The molecule has 8 nitrogen and oxygen atoms in total. The van der Waals surface area contributed by atoms with Crippen LogP contribution in [0.15, 0.2) is 58.1 Å². The van der Waals surface area contributed by atoms with Gasteiger partial charge in [0.1, 0.15) is 5.76 Å². The zero-order valence-corrected chi connectivity index (χ0v) is 17.4. The van der Waals surface area contributed by atoms with Gasteiger partial charge >= 0.3 is 0 Å². The third-order valence-corrected chi connectivity index (χ3v) is 4.99. The summed E-state index contributed by atoms with van der Waals surface area (Å²) in [6.45, 7) is 5.48. The Balaban J connectivity index is 1.87. The predicted octanol–water partition coefficient (Wildman–Crippen LogP) is 1.80. The zero-order valence-electron chi connectivity index (χ0n) is 16.6. The molecule has 0 saturated heterocycles. The molecule has 0 spiro atoms. The molecule has 0 saturated carbocycles. The number of hydrogen-bond donors (Lipinski definition) is 3. The van der Waals surface area contributed by atoms with Gasteiger partial charge in [-0.1, -0.05) is 12.1 Å². The van der Waals surface area contributed by atoms with Crippen LogP contribution in [-0.2, 0) is 26.2 Å². The highest BCUT2D eigenvalue weighted by Crippen LogP contribution is 2.12. The van der Waals surface area contributed by atoms with Crippen molar-refractivity contribution >= 4 is 27.9 Å². The van der Waals surface area contributed by atoms with Gasteiger partial charge in [0, 0.05) is 11.6 Å². The van der Waals surface area contributed by atoms with Crippen LogP contribution in [0.5, 0.6) is 0 Å². The highest BCUT2D eigenvalue weighted by Gasteiger charge is 2.15. The van der Waals surface area contributed by atoms with E-state index in [-0.39, 0.29) is 29.4 Å². The first-order valence-electron chi connectivity index (χ1n) is 8.94. The summed E-state index contributed by atoms with van der Waals surface area (Å²) in [6, 6.07) is 9.40. The summed E-state index contributed by atoms with van der Waals surface area (Å²) in [7, 11) is -3.68. The molecule has 156 valence electrons. The van der Waals surface area contributed by atoms with Gasteiger partial charge in [0.25, 0.3) is 0 Å². The fourth-order valence-corrected chi connectivity index (χ4v) is 3.27. The molecule has 2 amide bonds. The van der Waals surface area contributed by atoms with Gasteiger partial charge in [0.15, 0.2) is 0 Å². The molecule has 0 bridgehead atoms. The van der Waals surface area contributed by atoms with Crippen LogP contribution < -0.4 is 15.4 Å². The Labute approximate surface area is 170 Å². The van der Waals surface area contributed by atoms with Crippen LogP contribution in [0.25, 0.3) is 6.08 Å². The Morgan fingerprint density at radius 1 is 1.10 bits per heavy atom. The van der Waals surface area contributed by atoms with Crippen LogP contribution in [0.4, 0.5) is 0 Å². The quantitative estimate of drug-likeness (QED) is 0.564. The van der Waals surface area contributed by atoms with E-state index in [4.69, 9.17) is 4.42 Å². The molecule has 0 aliphatic rings. The van der Waals surface area contributed by atoms with E-state index in [2.05, 4.69) is 15.4 Å². The van der Waals surface area contributed by atoms with Crippen molar-refractivity contribution in [3.8, 4) is 0 Å². The first kappa shape index (κ1) is 22.4. The summed E-state index contributed by atoms with van der Waals surface area (Å²) in [5, 5.41) is 5.23. The average molecular weight is 420 g/mol. The topological polar surface area (TPSA) is 118 Å². The van der Waals surface area contributed by atoms with Crippen LogP contribution >= 0.6 is 0 Å². The standard InChI is InChI=1S/C20H25N3O5S/c1-20(2,3)23-19(25)14-21-18(24)11-8-15-6-9-17(10-7-15)29(26,27)22-13-16-5-4-12-28-16/h4-12,22H,13-14H2,1-3H3,(H,21,24)(H,23,25)/b11-8+. The van der Waals surface area contributed by atoms with E-state index in [0.717, 1.165) is 0 Å². The molecule has 2 aromatic rings. The zero-order chi connectivity index (χ0) is 21.5. The maximum Gasteiger partial charge on any atom is 0.244 e. The number of carbonyl (C=O) groups is 2. The SMILES string of the molecule is CC(C)(C)NC(=O)CNC(=O)/C=C/c1ccc(S(=O)(=O)NCc2ccco2)cc1. The Kier molecular flexibility index (Phi) is 7.35. The van der Waals surface area contributed by atoms with E-state index < -0.39 is 15.9 Å². The largest absolute Gasteiger partial charge is 0.468 e. The minimum atomic E-state index is -3.68. The van der Waals surface area contributed by atoms with Crippen LogP contribution in [0.3, 0.4) is 0 Å². The van der Waals surface area contributed by atoms with Crippen molar-refractivity contribution in [3.05, 3.63) is 60.1 Å². The van der Waals surface area contributed by atoms with Crippen LogP contribution in [0, 0.1) is 0 Å². The maximum atomic E-state index is 12.3. The summed E-state index contributed by atoms with van der Waals surface area (Å²) in [6.07, 6.45) is 4.28. The minimum absolute atomic E-state index is 0.0555. The van der Waals surface area contributed by atoms with Gasteiger partial charge < -0.3 is 15.1 Å². The van der Waals surface area contributed by atoms with Crippen molar-refractivity contribution in [2.24, 2.45) is 0 Å². The molecule has 0 atom stereocenters. The van der Waals surface area contributed by atoms with Gasteiger partial charge in [-0.15, -0.1) is 0 Å². The summed E-state index contributed by atoms with van der Waals surface area (Å²) in [4.78, 5) is 23.6. The van der Waals surface area contributed by atoms with Crippen molar-refractivity contribution in [3.63, 3.8) is 0 Å². The lowest BCUT2D eigenvalue weighted by atomic mass is 10.1. The lowest BCUT2D eigenvalue weighted by Crippen LogP contribution is -2.45. The van der Waals surface area contributed by atoms with Crippen LogP contribution in [0.2, 0.25) is 0 Å². The van der Waals surface area contributed by atoms with Crippen molar-refractivity contribution in [1.29, 1.82) is 0 Å². The van der Waals surface area contributed by atoms with E-state index in [1.54, 1.807) is 24.3 Å². The average Bonchev–Trinajstić information content (AvgIpc) is 3.16. The summed E-state index contributed by atoms with van der Waals surface area (Å²) in [5.74, 6) is -0.197. The molecule has 2 rings (SSSR count). The monoisotopic (exact) mass is 419 g/mol. The van der Waals surface area contributed by atoms with Crippen molar-refractivity contribution < 1.29 is 22.4 Å². The smallest absolute Gasteiger partial charge is 0.244 e. The molecule has 29 heavy (non-hydrogen) atoms. The van der Waals surface area contributed by atoms with E-state index >= 15 is 0 Å². The second-order valence-electron chi connectivity index (χ2n) is 7.32. The molecule has 0 aliphatic heterocycles. The molecule has 9 heteroatoms. The fraction of sp³-hybridized carbons (Fsp3) is 0.300. The molecular formula is C20H25N3O5S. The third kappa shape index (κ3) is 7.92. The minimum Gasteiger partial charge on any atom is -0.468 e. The summed E-state index contributed by atoms with van der Waals surface area (Å²) in [5.41, 5.74) is 0.274. The number of hydrogen-bond acceptors (Lipinski definition) is 5. The van der Waals surface area contributed by atoms with Gasteiger partial charge in [0.2, 0.25) is 21.8 Å². The Bertz CT molecular complexity index is 957. The number of rotatable bonds is 8. The number of amides is 2. The first-order chi connectivity index (χ1) is 13.5. The highest BCUT2D eigenvalue weighted by molar-refractivity contribution is 7.89. The maximum absolute atomic E-state index is 12.3. The number of carbonyl (C=O) groups excluding carboxylic acids is 2. The third-order valence-electron chi connectivity index (χ3n) is 3.57. The number of benzene rings is 1. The molecular weight excluding hydrogens is 394 g/mol. The van der Waals surface area contributed by atoms with Crippen LogP contribution in [0.1, 0.15) is 32.1 Å². The summed E-state index contributed by atoms with van der Waals surface area (Å²) < 4.78 is 32.1. The first-order valence-corrected chi connectivity index (χ1v) is 10.4. The summed E-state index contributed by atoms with van der Waals surface area (Å²) >= 11 is 0. The molecule has 1 aromatic heterocycles. The Morgan fingerprint density at radius 2 is 1.79 bits per heavy atom. The molecule has 1 aromatic carbocycles. The normalized spacial score (nSPS) is 12.1. The van der Waals surface area contributed by atoms with Crippen molar-refractivity contribution in [2.75, 3.05) is 6.54 Å². The van der Waals surface area contributed by atoms with Crippen LogP contribution in [-0.4, -0.2) is 32.3 Å².